The van der Waals surface area contributed by atoms with E-state index in [1.165, 1.54) is 6.08 Å². The Morgan fingerprint density at radius 3 is 2.38 bits per heavy atom. The van der Waals surface area contributed by atoms with Crippen LogP contribution in [0.4, 0.5) is 0 Å². The molecule has 3 aliphatic heterocycles. The lowest BCUT2D eigenvalue weighted by Crippen LogP contribution is -2.48. The van der Waals surface area contributed by atoms with Gasteiger partial charge in [-0.15, -0.1) is 0 Å². The van der Waals surface area contributed by atoms with Gasteiger partial charge in [0.05, 0.1) is 25.7 Å². The van der Waals surface area contributed by atoms with Crippen LogP contribution in [0.2, 0.25) is 37.8 Å². The van der Waals surface area contributed by atoms with E-state index in [0.717, 1.165) is 18.7 Å². The summed E-state index contributed by atoms with van der Waals surface area (Å²) in [5.41, 5.74) is 1.08. The molecule has 0 unspecified atom stereocenters. The Hall–Kier alpha value is -3.18. The fourth-order valence-electron chi connectivity index (χ4n) is 7.05. The highest BCUT2D eigenvalue weighted by Gasteiger charge is 2.42. The van der Waals surface area contributed by atoms with Crippen molar-refractivity contribution in [3.8, 4) is 0 Å². The average molecular weight is 799 g/mol. The standard InChI is InChI=1S/C41H66N4O8Si2/c1-28-14-12-18-42-34(47)17-16-29(2)37(30(3)27-44-20-22-50-23-21-44)52-39(49)33-15-13-19-45(33)38(48)36-40(54(7,8)9)51-35(43-36)26-31(46)25-32(24-28)53-55(10,11)41(4,5)6/h12,14,16-17,24,29-30,32-33,37H,13,15,18-23,25-27H2,1-11H3,(H,42,47)/b14-12+,17-16+,28-24+/t29-,30+,32-,33-,37+/m1/s1. The molecule has 4 heterocycles. The van der Waals surface area contributed by atoms with Crippen molar-refractivity contribution < 1.29 is 37.5 Å². The number of morpholine rings is 1. The second-order valence-corrected chi connectivity index (χ2v) is 27.8. The summed E-state index contributed by atoms with van der Waals surface area (Å²) in [5, 5.41) is 3.34. The number of Topliss-reactive ketones (excluding diaryl/α,β-unsaturated/α-hetero) is 1. The first-order chi connectivity index (χ1) is 25.7. The number of fused-ring (bicyclic) bond motifs is 3. The molecule has 1 aromatic rings. The summed E-state index contributed by atoms with van der Waals surface area (Å²) in [7, 11) is -4.55. The molecule has 0 spiro atoms. The van der Waals surface area contributed by atoms with E-state index in [1.807, 2.05) is 32.1 Å². The van der Waals surface area contributed by atoms with Crippen LogP contribution in [0.1, 0.15) is 77.2 Å². The topological polar surface area (TPSA) is 141 Å². The summed E-state index contributed by atoms with van der Waals surface area (Å²) in [6.07, 6.45) is 9.13. The van der Waals surface area contributed by atoms with E-state index in [0.29, 0.717) is 51.1 Å². The lowest BCUT2D eigenvalue weighted by atomic mass is 9.92. The number of rotatable bonds is 6. The number of hydrogen-bond acceptors (Lipinski definition) is 10. The average Bonchev–Trinajstić information content (AvgIpc) is 3.75. The van der Waals surface area contributed by atoms with Crippen LogP contribution in [-0.2, 0) is 34.7 Å². The van der Waals surface area contributed by atoms with Crippen LogP contribution < -0.4 is 10.7 Å². The van der Waals surface area contributed by atoms with Crippen LogP contribution in [0, 0.1) is 11.8 Å². The number of nitrogens with one attached hydrogen (secondary N) is 1. The number of carbonyl (C=O) groups is 4. The molecule has 14 heteroatoms. The lowest BCUT2D eigenvalue weighted by molar-refractivity contribution is -0.159. The lowest BCUT2D eigenvalue weighted by Gasteiger charge is -2.38. The number of cyclic esters (lactones) is 1. The number of ketones is 1. The maximum atomic E-state index is 14.4. The van der Waals surface area contributed by atoms with Crippen LogP contribution in [0.5, 0.6) is 0 Å². The number of amides is 2. The van der Waals surface area contributed by atoms with E-state index in [2.05, 4.69) is 75.6 Å². The highest BCUT2D eigenvalue weighted by atomic mass is 28.4. The van der Waals surface area contributed by atoms with E-state index < -0.39 is 40.6 Å². The molecule has 2 fully saturated rings. The van der Waals surface area contributed by atoms with Crippen LogP contribution in [-0.4, -0.2) is 119 Å². The minimum absolute atomic E-state index is 0.0685. The molecule has 0 saturated carbocycles. The van der Waals surface area contributed by atoms with Gasteiger partial charge in [0.25, 0.3) is 5.91 Å². The van der Waals surface area contributed by atoms with Gasteiger partial charge in [-0.25, -0.2) is 9.78 Å². The molecule has 5 atom stereocenters. The molecule has 1 N–H and O–H groups in total. The molecule has 0 aliphatic carbocycles. The Labute approximate surface area is 330 Å². The minimum atomic E-state index is -2.27. The zero-order valence-corrected chi connectivity index (χ0v) is 37.2. The molecule has 0 aromatic carbocycles. The summed E-state index contributed by atoms with van der Waals surface area (Å²) >= 11 is 0. The second kappa shape index (κ2) is 18.8. The summed E-state index contributed by atoms with van der Waals surface area (Å²) in [5.74, 6) is -1.39. The van der Waals surface area contributed by atoms with Crippen molar-refractivity contribution >= 4 is 45.3 Å². The van der Waals surface area contributed by atoms with E-state index in [4.69, 9.17) is 18.3 Å². The van der Waals surface area contributed by atoms with Gasteiger partial charge < -0.3 is 28.5 Å². The van der Waals surface area contributed by atoms with Gasteiger partial charge in [0.1, 0.15) is 31.4 Å². The molecule has 2 bridgehead atoms. The summed E-state index contributed by atoms with van der Waals surface area (Å²) in [6.45, 7) is 27.2. The molecule has 2 amide bonds. The Bertz CT molecular complexity index is 1620. The largest absolute Gasteiger partial charge is 0.460 e. The quantitative estimate of drug-likeness (QED) is 0.293. The zero-order chi connectivity index (χ0) is 40.7. The third-order valence-electron chi connectivity index (χ3n) is 11.1. The normalized spacial score (nSPS) is 27.8. The van der Waals surface area contributed by atoms with Gasteiger partial charge in [-0.1, -0.05) is 84.1 Å². The molecular weight excluding hydrogens is 733 g/mol. The van der Waals surface area contributed by atoms with Crippen molar-refractivity contribution in [1.82, 2.24) is 20.1 Å². The number of carbonyl (C=O) groups excluding carboxylic acids is 4. The van der Waals surface area contributed by atoms with Crippen molar-refractivity contribution in [3.05, 3.63) is 47.5 Å². The summed E-state index contributed by atoms with van der Waals surface area (Å²) in [6, 6.07) is -0.794. The summed E-state index contributed by atoms with van der Waals surface area (Å²) < 4.78 is 24.9. The fourth-order valence-corrected chi connectivity index (χ4v) is 9.61. The molecular formula is C41H66N4O8Si2. The molecule has 1 aromatic heterocycles. The molecule has 306 valence electrons. The maximum absolute atomic E-state index is 14.4. The number of hydrogen-bond donors (Lipinski definition) is 1. The van der Waals surface area contributed by atoms with Crippen LogP contribution >= 0.6 is 0 Å². The van der Waals surface area contributed by atoms with E-state index in [9.17, 15) is 19.2 Å². The van der Waals surface area contributed by atoms with Gasteiger partial charge in [0.15, 0.2) is 14.0 Å². The van der Waals surface area contributed by atoms with E-state index in [-0.39, 0.29) is 58.9 Å². The van der Waals surface area contributed by atoms with Crippen LogP contribution in [0.3, 0.4) is 0 Å². The highest BCUT2D eigenvalue weighted by Crippen LogP contribution is 2.38. The second-order valence-electron chi connectivity index (χ2n) is 18.1. The van der Waals surface area contributed by atoms with Gasteiger partial charge in [-0.2, -0.15) is 0 Å². The number of esters is 1. The van der Waals surface area contributed by atoms with Gasteiger partial charge >= 0.3 is 5.97 Å². The maximum Gasteiger partial charge on any atom is 0.329 e. The molecule has 12 nitrogen and oxygen atoms in total. The monoisotopic (exact) mass is 798 g/mol. The van der Waals surface area contributed by atoms with Gasteiger partial charge in [-0.3, -0.25) is 19.3 Å². The molecule has 2 saturated heterocycles. The Balaban J connectivity index is 1.71. The van der Waals surface area contributed by atoms with E-state index >= 15 is 0 Å². The Kier molecular flexibility index (Phi) is 15.3. The minimum Gasteiger partial charge on any atom is -0.460 e. The molecule has 3 aliphatic rings. The molecule has 4 rings (SSSR count). The van der Waals surface area contributed by atoms with Crippen molar-refractivity contribution in [2.75, 3.05) is 45.9 Å². The third kappa shape index (κ3) is 12.4. The zero-order valence-electron chi connectivity index (χ0n) is 35.2. The number of nitrogens with zero attached hydrogens (tertiary/aromatic N) is 3. The predicted molar refractivity (Wildman–Crippen MR) is 219 cm³/mol. The first kappa shape index (κ1) is 44.5. The number of allylic oxidation sites excluding steroid dienone is 2. The smallest absolute Gasteiger partial charge is 0.329 e. The SMILES string of the molecule is CC1=C\[C@@H](O[Si](C)(C)C(C)(C)C)CC(=O)Cc2nc(c([Si](C)(C)C)o2)C(=O)N2CCC[C@@H]2C(=O)O[C@H]([C@@H](C)CN2CCOCC2)[C@H](C)/C=C/C(=O)NC\C=C\1. The Morgan fingerprint density at radius 1 is 1.04 bits per heavy atom. The van der Waals surface area contributed by atoms with Gasteiger partial charge in [-0.05, 0) is 44.0 Å². The van der Waals surface area contributed by atoms with Crippen molar-refractivity contribution in [2.24, 2.45) is 11.8 Å². The van der Waals surface area contributed by atoms with Crippen molar-refractivity contribution in [2.45, 2.75) is 123 Å². The predicted octanol–water partition coefficient (Wildman–Crippen LogP) is 5.42. The first-order valence-electron chi connectivity index (χ1n) is 20.0. The number of oxazole rings is 1. The van der Waals surface area contributed by atoms with Crippen molar-refractivity contribution in [1.29, 1.82) is 0 Å². The van der Waals surface area contributed by atoms with Crippen LogP contribution in [0.25, 0.3) is 0 Å². The summed E-state index contributed by atoms with van der Waals surface area (Å²) in [4.78, 5) is 63.7. The fraction of sp³-hybridized carbons (Fsp3) is 0.683. The van der Waals surface area contributed by atoms with Crippen molar-refractivity contribution in [3.63, 3.8) is 0 Å². The molecule has 0 radical (unpaired) electrons. The third-order valence-corrected chi connectivity index (χ3v) is 17.3. The van der Waals surface area contributed by atoms with Gasteiger partial charge in [0, 0.05) is 51.0 Å². The number of ether oxygens (including phenoxy) is 2. The first-order valence-corrected chi connectivity index (χ1v) is 26.4. The van der Waals surface area contributed by atoms with Crippen LogP contribution in [0.15, 0.2) is 40.4 Å². The van der Waals surface area contributed by atoms with Gasteiger partial charge in [0.2, 0.25) is 11.8 Å². The number of aromatic nitrogens is 1. The molecule has 55 heavy (non-hydrogen) atoms. The highest BCUT2D eigenvalue weighted by molar-refractivity contribution is 6.88. The Morgan fingerprint density at radius 2 is 1.73 bits per heavy atom. The van der Waals surface area contributed by atoms with E-state index in [1.54, 1.807) is 11.0 Å².